The second-order valence-corrected chi connectivity index (χ2v) is 2.94. The van der Waals surface area contributed by atoms with E-state index in [4.69, 9.17) is 5.11 Å². The average Bonchev–Trinajstić information content (AvgIpc) is 2.29. The maximum Gasteiger partial charge on any atom is 0.310 e. The first-order chi connectivity index (χ1) is 5.25. The van der Waals surface area contributed by atoms with Gasteiger partial charge in [0.1, 0.15) is 0 Å². The first-order valence-electron chi connectivity index (χ1n) is 3.27. The van der Waals surface area contributed by atoms with Crippen molar-refractivity contribution in [2.45, 2.75) is 6.54 Å². The first kappa shape index (κ1) is 8.29. The highest BCUT2D eigenvalue weighted by Gasteiger charge is 2.02. The van der Waals surface area contributed by atoms with E-state index in [0.29, 0.717) is 13.1 Å². The number of nitrogens with zero attached hydrogens (tertiary/aromatic N) is 1. The summed E-state index contributed by atoms with van der Waals surface area (Å²) >= 11 is 1.01. The topological polar surface area (TPSA) is 54.3 Å². The van der Waals surface area contributed by atoms with Crippen molar-refractivity contribution in [1.29, 1.82) is 0 Å². The van der Waals surface area contributed by atoms with Crippen LogP contribution in [0, 0.1) is 0 Å². The van der Waals surface area contributed by atoms with Crippen molar-refractivity contribution in [2.24, 2.45) is 0 Å². The van der Waals surface area contributed by atoms with Crippen LogP contribution in [0.4, 0.5) is 0 Å². The summed E-state index contributed by atoms with van der Waals surface area (Å²) in [5.74, 6) is 0.0512. The third-order valence-electron chi connectivity index (χ3n) is 1.35. The van der Waals surface area contributed by atoms with E-state index >= 15 is 0 Å². The Balaban J connectivity index is 2.75. The van der Waals surface area contributed by atoms with Crippen molar-refractivity contribution in [1.82, 2.24) is 9.88 Å². The Kier molecular flexibility index (Phi) is 2.67. The lowest BCUT2D eigenvalue weighted by atomic mass is 10.6. The number of hydrogen-bond acceptors (Lipinski definition) is 4. The SMILES string of the molecule is CNCCn1c(O)csc1=O. The lowest BCUT2D eigenvalue weighted by Gasteiger charge is -2.00. The third-order valence-corrected chi connectivity index (χ3v) is 2.10. The quantitative estimate of drug-likeness (QED) is 0.669. The summed E-state index contributed by atoms with van der Waals surface area (Å²) in [4.78, 5) is 10.8. The average molecular weight is 174 g/mol. The Bertz CT molecular complexity index is 278. The zero-order valence-electron chi connectivity index (χ0n) is 6.20. The number of hydrogen-bond donors (Lipinski definition) is 2. The Morgan fingerprint density at radius 1 is 1.82 bits per heavy atom. The summed E-state index contributed by atoms with van der Waals surface area (Å²) in [6.45, 7) is 1.20. The van der Waals surface area contributed by atoms with Gasteiger partial charge < -0.3 is 10.4 Å². The van der Waals surface area contributed by atoms with Crippen LogP contribution in [-0.2, 0) is 6.54 Å². The molecule has 0 spiro atoms. The van der Waals surface area contributed by atoms with E-state index < -0.39 is 0 Å². The fourth-order valence-corrected chi connectivity index (χ4v) is 1.40. The van der Waals surface area contributed by atoms with Crippen LogP contribution in [-0.4, -0.2) is 23.3 Å². The molecule has 0 aliphatic carbocycles. The van der Waals surface area contributed by atoms with Crippen molar-refractivity contribution in [2.75, 3.05) is 13.6 Å². The fraction of sp³-hybridized carbons (Fsp3) is 0.500. The van der Waals surface area contributed by atoms with Gasteiger partial charge in [-0.05, 0) is 7.05 Å². The van der Waals surface area contributed by atoms with Gasteiger partial charge in [-0.15, -0.1) is 0 Å². The van der Waals surface area contributed by atoms with E-state index in [-0.39, 0.29) is 10.8 Å². The fourth-order valence-electron chi connectivity index (χ4n) is 0.753. The van der Waals surface area contributed by atoms with E-state index in [0.717, 1.165) is 11.3 Å². The van der Waals surface area contributed by atoms with Gasteiger partial charge in [-0.1, -0.05) is 11.3 Å². The number of nitrogens with one attached hydrogen (secondary N) is 1. The molecule has 0 radical (unpaired) electrons. The molecule has 1 rings (SSSR count). The molecule has 2 N–H and O–H groups in total. The van der Waals surface area contributed by atoms with Gasteiger partial charge in [-0.2, -0.15) is 0 Å². The van der Waals surface area contributed by atoms with E-state index in [1.807, 2.05) is 0 Å². The van der Waals surface area contributed by atoms with Gasteiger partial charge in [0.15, 0.2) is 0 Å². The molecular weight excluding hydrogens is 164 g/mol. The normalized spacial score (nSPS) is 10.3. The van der Waals surface area contributed by atoms with Gasteiger partial charge in [0.05, 0.1) is 5.38 Å². The molecule has 5 heteroatoms. The van der Waals surface area contributed by atoms with Crippen LogP contribution in [0.25, 0.3) is 0 Å². The molecule has 1 aromatic heterocycles. The molecule has 62 valence electrons. The highest BCUT2D eigenvalue weighted by atomic mass is 32.1. The van der Waals surface area contributed by atoms with E-state index in [9.17, 15) is 4.79 Å². The third kappa shape index (κ3) is 1.81. The molecule has 0 aliphatic rings. The summed E-state index contributed by atoms with van der Waals surface area (Å²) in [7, 11) is 1.80. The first-order valence-corrected chi connectivity index (χ1v) is 4.15. The molecular formula is C6H10N2O2S. The van der Waals surface area contributed by atoms with Gasteiger partial charge in [-0.3, -0.25) is 9.36 Å². The van der Waals surface area contributed by atoms with Gasteiger partial charge in [0.2, 0.25) is 5.88 Å². The number of aromatic nitrogens is 1. The number of likely N-dealkylation sites (N-methyl/N-ethyl adjacent to an activating group) is 1. The van der Waals surface area contributed by atoms with Crippen molar-refractivity contribution in [3.8, 4) is 5.88 Å². The molecule has 0 unspecified atom stereocenters. The van der Waals surface area contributed by atoms with Crippen LogP contribution in [0.2, 0.25) is 0 Å². The van der Waals surface area contributed by atoms with Gasteiger partial charge >= 0.3 is 4.87 Å². The standard InChI is InChI=1S/C6H10N2O2S/c1-7-2-3-8-5(9)4-11-6(8)10/h4,7,9H,2-3H2,1H3. The van der Waals surface area contributed by atoms with Crippen LogP contribution in [0.3, 0.4) is 0 Å². The molecule has 0 saturated carbocycles. The minimum absolute atomic E-state index is 0.0512. The van der Waals surface area contributed by atoms with Gasteiger partial charge in [-0.25, -0.2) is 0 Å². The van der Waals surface area contributed by atoms with Gasteiger partial charge in [0.25, 0.3) is 0 Å². The van der Waals surface area contributed by atoms with Gasteiger partial charge in [0, 0.05) is 13.1 Å². The molecule has 0 bridgehead atoms. The predicted octanol–water partition coefficient (Wildman–Crippen LogP) is -0.165. The molecule has 0 amide bonds. The molecule has 0 saturated heterocycles. The molecule has 0 fully saturated rings. The second kappa shape index (κ2) is 3.54. The Morgan fingerprint density at radius 3 is 3.00 bits per heavy atom. The Morgan fingerprint density at radius 2 is 2.55 bits per heavy atom. The summed E-state index contributed by atoms with van der Waals surface area (Å²) in [5.41, 5.74) is 0. The molecule has 1 heterocycles. The Hall–Kier alpha value is -0.810. The largest absolute Gasteiger partial charge is 0.494 e. The highest BCUT2D eigenvalue weighted by Crippen LogP contribution is 2.07. The van der Waals surface area contributed by atoms with Crippen LogP contribution in [0.1, 0.15) is 0 Å². The zero-order valence-corrected chi connectivity index (χ0v) is 7.02. The second-order valence-electron chi connectivity index (χ2n) is 2.12. The number of aromatic hydroxyl groups is 1. The summed E-state index contributed by atoms with van der Waals surface area (Å²) in [5, 5.41) is 13.4. The molecule has 0 aromatic carbocycles. The van der Waals surface area contributed by atoms with E-state index in [1.165, 1.54) is 9.95 Å². The van der Waals surface area contributed by atoms with E-state index in [2.05, 4.69) is 5.32 Å². The van der Waals surface area contributed by atoms with Crippen molar-refractivity contribution >= 4 is 11.3 Å². The van der Waals surface area contributed by atoms with E-state index in [1.54, 1.807) is 7.05 Å². The number of rotatable bonds is 3. The predicted molar refractivity (Wildman–Crippen MR) is 44.2 cm³/mol. The van der Waals surface area contributed by atoms with Crippen molar-refractivity contribution in [3.05, 3.63) is 15.0 Å². The summed E-state index contributed by atoms with van der Waals surface area (Å²) in [6, 6.07) is 0. The van der Waals surface area contributed by atoms with Crippen LogP contribution in [0.5, 0.6) is 5.88 Å². The highest BCUT2D eigenvalue weighted by molar-refractivity contribution is 7.07. The summed E-state index contributed by atoms with van der Waals surface area (Å²) < 4.78 is 1.33. The van der Waals surface area contributed by atoms with Crippen molar-refractivity contribution < 1.29 is 5.11 Å². The smallest absolute Gasteiger partial charge is 0.310 e. The molecule has 11 heavy (non-hydrogen) atoms. The van der Waals surface area contributed by atoms with Crippen LogP contribution >= 0.6 is 11.3 Å². The lowest BCUT2D eigenvalue weighted by Crippen LogP contribution is -2.20. The summed E-state index contributed by atoms with van der Waals surface area (Å²) in [6.07, 6.45) is 0. The van der Waals surface area contributed by atoms with Crippen LogP contribution < -0.4 is 10.2 Å². The maximum atomic E-state index is 10.9. The minimum Gasteiger partial charge on any atom is -0.494 e. The molecule has 4 nitrogen and oxygen atoms in total. The molecule has 0 atom stereocenters. The number of thiazole rings is 1. The van der Waals surface area contributed by atoms with Crippen LogP contribution in [0.15, 0.2) is 10.2 Å². The maximum absolute atomic E-state index is 10.9. The van der Waals surface area contributed by atoms with Crippen molar-refractivity contribution in [3.63, 3.8) is 0 Å². The molecule has 0 aliphatic heterocycles. The zero-order chi connectivity index (χ0) is 8.27. The Labute approximate surface area is 68.1 Å². The lowest BCUT2D eigenvalue weighted by molar-refractivity contribution is 0.411. The molecule has 1 aromatic rings. The monoisotopic (exact) mass is 174 g/mol. The minimum atomic E-state index is -0.113.